The number of hydrogen-bond acceptors (Lipinski definition) is 6. The Hall–Kier alpha value is -2.38. The number of ether oxygens (including phenoxy) is 1. The molecule has 1 saturated carbocycles. The highest BCUT2D eigenvalue weighted by Crippen LogP contribution is 2.34. The van der Waals surface area contributed by atoms with Gasteiger partial charge < -0.3 is 14.7 Å². The predicted octanol–water partition coefficient (Wildman–Crippen LogP) is 6.11. The lowest BCUT2D eigenvalue weighted by atomic mass is 9.86. The Morgan fingerprint density at radius 3 is 2.67 bits per heavy atom. The second kappa shape index (κ2) is 12.7. The van der Waals surface area contributed by atoms with Gasteiger partial charge in [0.1, 0.15) is 5.82 Å². The van der Waals surface area contributed by atoms with E-state index in [1.807, 2.05) is 0 Å². The van der Waals surface area contributed by atoms with Crippen molar-refractivity contribution < 1.29 is 37.0 Å². The summed E-state index contributed by atoms with van der Waals surface area (Å²) in [7, 11) is 0. The average molecular weight is 550 g/mol. The molecule has 3 rings (SSSR count). The summed E-state index contributed by atoms with van der Waals surface area (Å²) in [5.41, 5.74) is -1.65. The molecule has 1 aliphatic rings. The number of nitrogens with zero attached hydrogens (tertiary/aromatic N) is 2. The Balaban J connectivity index is 1.63. The zero-order valence-corrected chi connectivity index (χ0v) is 21.1. The Morgan fingerprint density at radius 2 is 2.00 bits per heavy atom. The van der Waals surface area contributed by atoms with Gasteiger partial charge in [0.05, 0.1) is 34.9 Å². The van der Waals surface area contributed by atoms with Crippen LogP contribution in [-0.2, 0) is 22.3 Å². The molecule has 0 atom stereocenters. The Labute approximate surface area is 214 Å². The molecule has 0 radical (unpaired) electrons. The number of carbonyl (C=O) groups excluding carboxylic acids is 1. The zero-order chi connectivity index (χ0) is 26.3. The third-order valence-electron chi connectivity index (χ3n) is 5.87. The van der Waals surface area contributed by atoms with Crippen LogP contribution in [0.1, 0.15) is 43.7 Å². The summed E-state index contributed by atoms with van der Waals surface area (Å²) in [6.45, 7) is 1.59. The van der Waals surface area contributed by atoms with Crippen LogP contribution in [0, 0.1) is 11.7 Å². The van der Waals surface area contributed by atoms with Crippen LogP contribution in [0.15, 0.2) is 28.6 Å². The molecule has 2 N–H and O–H groups in total. The van der Waals surface area contributed by atoms with Crippen molar-refractivity contribution in [1.82, 2.24) is 9.88 Å². The number of hydrogen-bond donors (Lipinski definition) is 2. The minimum absolute atomic E-state index is 0.0789. The molecule has 0 saturated heterocycles. The third kappa shape index (κ3) is 8.07. The van der Waals surface area contributed by atoms with Crippen molar-refractivity contribution in [1.29, 1.82) is 0 Å². The van der Waals surface area contributed by atoms with Gasteiger partial charge in [0, 0.05) is 18.2 Å². The molecule has 0 bridgehead atoms. The first-order chi connectivity index (χ1) is 17.0. The molecule has 0 aliphatic heterocycles. The molecule has 7 nitrogen and oxygen atoms in total. The Morgan fingerprint density at radius 1 is 1.28 bits per heavy atom. The van der Waals surface area contributed by atoms with Gasteiger partial charge in [-0.25, -0.2) is 14.2 Å². The van der Waals surface area contributed by atoms with Gasteiger partial charge in [0.25, 0.3) is 0 Å². The molecule has 36 heavy (non-hydrogen) atoms. The zero-order valence-electron chi connectivity index (χ0n) is 19.5. The number of carboxylic acid groups (broad SMARTS) is 1. The standard InChI is InChI=1S/C23H27F4N3O4S2/c1-14-5-7-15(8-6-14)30(22(33)29-21-28-11-20(36-21)35-13-19(31)32)9-10-34-12-16-17(23(25,26)27)3-2-4-18(16)24/h2-4,11,14-15H,5-10,12-13H2,1H3,(H,31,32)(H,28,29,33)/t14-,15-. The molecular weight excluding hydrogens is 522 g/mol. The number of urea groups is 1. The number of carboxylic acids is 1. The van der Waals surface area contributed by atoms with Crippen LogP contribution in [0.5, 0.6) is 0 Å². The van der Waals surface area contributed by atoms with E-state index in [0.29, 0.717) is 15.3 Å². The summed E-state index contributed by atoms with van der Waals surface area (Å²) >= 11 is 2.24. The summed E-state index contributed by atoms with van der Waals surface area (Å²) < 4.78 is 59.8. The predicted molar refractivity (Wildman–Crippen MR) is 129 cm³/mol. The van der Waals surface area contributed by atoms with E-state index >= 15 is 0 Å². The van der Waals surface area contributed by atoms with E-state index in [0.717, 1.165) is 67.0 Å². The third-order valence-corrected chi connectivity index (χ3v) is 7.96. The summed E-state index contributed by atoms with van der Waals surface area (Å²) in [6, 6.07) is 2.26. The number of thioether (sulfide) groups is 1. The van der Waals surface area contributed by atoms with Crippen LogP contribution in [0.25, 0.3) is 0 Å². The van der Waals surface area contributed by atoms with E-state index in [1.54, 1.807) is 4.90 Å². The molecule has 1 aliphatic carbocycles. The van der Waals surface area contributed by atoms with E-state index < -0.39 is 41.7 Å². The van der Waals surface area contributed by atoms with Gasteiger partial charge in [0.15, 0.2) is 5.13 Å². The van der Waals surface area contributed by atoms with E-state index in [2.05, 4.69) is 17.2 Å². The van der Waals surface area contributed by atoms with Crippen LogP contribution in [0.2, 0.25) is 0 Å². The molecule has 2 amide bonds. The molecule has 13 heteroatoms. The highest BCUT2D eigenvalue weighted by atomic mass is 32.2. The lowest BCUT2D eigenvalue weighted by Gasteiger charge is -2.36. The van der Waals surface area contributed by atoms with Crippen molar-refractivity contribution in [3.63, 3.8) is 0 Å². The summed E-state index contributed by atoms with van der Waals surface area (Å²) in [5, 5.41) is 11.8. The van der Waals surface area contributed by atoms with Gasteiger partial charge in [0.2, 0.25) is 0 Å². The van der Waals surface area contributed by atoms with E-state index in [1.165, 1.54) is 6.20 Å². The molecule has 1 heterocycles. The summed E-state index contributed by atoms with van der Waals surface area (Å²) in [4.78, 5) is 29.5. The van der Waals surface area contributed by atoms with Crippen molar-refractivity contribution in [2.45, 2.75) is 55.6 Å². The van der Waals surface area contributed by atoms with E-state index in [-0.39, 0.29) is 24.9 Å². The first-order valence-corrected chi connectivity index (χ1v) is 13.1. The number of benzene rings is 1. The lowest BCUT2D eigenvalue weighted by molar-refractivity contribution is -0.139. The van der Waals surface area contributed by atoms with Gasteiger partial charge in [-0.05, 0) is 43.7 Å². The second-order valence-electron chi connectivity index (χ2n) is 8.52. The number of rotatable bonds is 10. The number of nitrogens with one attached hydrogen (secondary N) is 1. The van der Waals surface area contributed by atoms with Crippen molar-refractivity contribution in [2.75, 3.05) is 24.2 Å². The molecule has 1 aromatic heterocycles. The fraction of sp³-hybridized carbons (Fsp3) is 0.522. The number of amides is 2. The van der Waals surface area contributed by atoms with Crippen LogP contribution in [-0.4, -0.2) is 51.9 Å². The molecule has 1 aromatic carbocycles. The lowest BCUT2D eigenvalue weighted by Crippen LogP contribution is -2.46. The molecule has 0 unspecified atom stereocenters. The maximum atomic E-state index is 14.1. The van der Waals surface area contributed by atoms with Crippen LogP contribution in [0.4, 0.5) is 27.5 Å². The average Bonchev–Trinajstić information content (AvgIpc) is 3.25. The van der Waals surface area contributed by atoms with Crippen LogP contribution < -0.4 is 5.32 Å². The smallest absolute Gasteiger partial charge is 0.416 e. The van der Waals surface area contributed by atoms with Crippen molar-refractivity contribution >= 4 is 40.2 Å². The highest BCUT2D eigenvalue weighted by molar-refractivity contribution is 8.01. The minimum atomic E-state index is -4.71. The first-order valence-electron chi connectivity index (χ1n) is 11.3. The summed E-state index contributed by atoms with van der Waals surface area (Å²) in [5.74, 6) is -1.55. The first kappa shape index (κ1) is 28.2. The quantitative estimate of drug-likeness (QED) is 0.211. The van der Waals surface area contributed by atoms with Crippen molar-refractivity contribution in [2.24, 2.45) is 5.92 Å². The number of aromatic nitrogens is 1. The maximum Gasteiger partial charge on any atom is 0.416 e. The molecule has 1 fully saturated rings. The number of anilines is 1. The molecular formula is C23H27F4N3O4S2. The topological polar surface area (TPSA) is 91.8 Å². The van der Waals surface area contributed by atoms with Crippen LogP contribution >= 0.6 is 23.1 Å². The molecule has 2 aromatic rings. The molecule has 198 valence electrons. The van der Waals surface area contributed by atoms with Gasteiger partial charge in [-0.3, -0.25) is 10.1 Å². The SMILES string of the molecule is C[C@H]1CC[C@H](N(CCOCc2c(F)cccc2C(F)(F)F)C(=O)Nc2ncc(SCC(=O)O)s2)CC1. The van der Waals surface area contributed by atoms with Crippen molar-refractivity contribution in [3.8, 4) is 0 Å². The van der Waals surface area contributed by atoms with Crippen LogP contribution in [0.3, 0.4) is 0 Å². The Bertz CT molecular complexity index is 1040. The number of alkyl halides is 3. The van der Waals surface area contributed by atoms with Gasteiger partial charge in [-0.1, -0.05) is 24.3 Å². The van der Waals surface area contributed by atoms with E-state index in [9.17, 15) is 27.2 Å². The fourth-order valence-electron chi connectivity index (χ4n) is 3.99. The highest BCUT2D eigenvalue weighted by Gasteiger charge is 2.34. The second-order valence-corrected chi connectivity index (χ2v) is 10.8. The minimum Gasteiger partial charge on any atom is -0.481 e. The van der Waals surface area contributed by atoms with Crippen molar-refractivity contribution in [3.05, 3.63) is 41.3 Å². The largest absolute Gasteiger partial charge is 0.481 e. The maximum absolute atomic E-state index is 14.1. The number of thiazole rings is 1. The monoisotopic (exact) mass is 549 g/mol. The van der Waals surface area contributed by atoms with Gasteiger partial charge in [-0.2, -0.15) is 13.2 Å². The number of carbonyl (C=O) groups is 2. The number of aliphatic carboxylic acids is 1. The van der Waals surface area contributed by atoms with Gasteiger partial charge >= 0.3 is 18.2 Å². The fourth-order valence-corrected chi connectivity index (χ4v) is 5.57. The van der Waals surface area contributed by atoms with E-state index in [4.69, 9.17) is 9.84 Å². The summed E-state index contributed by atoms with van der Waals surface area (Å²) in [6.07, 6.45) is 0.200. The number of halogens is 4. The molecule has 0 spiro atoms. The normalized spacial score (nSPS) is 18.1. The van der Waals surface area contributed by atoms with Gasteiger partial charge in [-0.15, -0.1) is 11.8 Å². The Kier molecular flexibility index (Phi) is 9.97.